The molecule has 0 bridgehead atoms. The van der Waals surface area contributed by atoms with Gasteiger partial charge < -0.3 is 9.72 Å². The van der Waals surface area contributed by atoms with Crippen molar-refractivity contribution in [3.63, 3.8) is 0 Å². The van der Waals surface area contributed by atoms with Crippen LogP contribution in [0.15, 0.2) is 34.5 Å². The third kappa shape index (κ3) is 2.76. The van der Waals surface area contributed by atoms with Crippen molar-refractivity contribution in [3.8, 4) is 5.75 Å². The second-order valence-electron chi connectivity index (χ2n) is 6.16. The SMILES string of the molecule is CCc1ccc(S(=O)(=O)N2CCc3[nH]c4ccc(OC)cc4c3C2)s1. The monoisotopic (exact) mass is 376 g/mol. The van der Waals surface area contributed by atoms with Crippen LogP contribution in [0, 0.1) is 0 Å². The summed E-state index contributed by atoms with van der Waals surface area (Å²) in [7, 11) is -1.81. The molecule has 0 unspecified atom stereocenters. The van der Waals surface area contributed by atoms with Crippen LogP contribution in [0.25, 0.3) is 10.9 Å². The average molecular weight is 377 g/mol. The molecule has 1 aromatic carbocycles. The number of thiophene rings is 1. The number of nitrogens with zero attached hydrogens (tertiary/aromatic N) is 1. The minimum Gasteiger partial charge on any atom is -0.497 e. The summed E-state index contributed by atoms with van der Waals surface area (Å²) in [5.41, 5.74) is 3.19. The van der Waals surface area contributed by atoms with Crippen molar-refractivity contribution in [2.75, 3.05) is 13.7 Å². The number of methoxy groups -OCH3 is 1. The van der Waals surface area contributed by atoms with E-state index in [0.29, 0.717) is 23.7 Å². The fourth-order valence-electron chi connectivity index (χ4n) is 3.31. The number of benzene rings is 1. The average Bonchev–Trinajstić information content (AvgIpc) is 3.25. The van der Waals surface area contributed by atoms with Gasteiger partial charge in [-0.2, -0.15) is 4.31 Å². The van der Waals surface area contributed by atoms with Crippen molar-refractivity contribution in [2.24, 2.45) is 0 Å². The highest BCUT2D eigenvalue weighted by Crippen LogP contribution is 2.34. The van der Waals surface area contributed by atoms with Gasteiger partial charge in [0.05, 0.1) is 7.11 Å². The van der Waals surface area contributed by atoms with Gasteiger partial charge in [-0.25, -0.2) is 8.42 Å². The van der Waals surface area contributed by atoms with Crippen molar-refractivity contribution in [1.82, 2.24) is 9.29 Å². The Kier molecular flexibility index (Phi) is 4.10. The summed E-state index contributed by atoms with van der Waals surface area (Å²) >= 11 is 1.37. The number of ether oxygens (including phenoxy) is 1. The molecule has 0 saturated carbocycles. The van der Waals surface area contributed by atoms with Crippen molar-refractivity contribution >= 4 is 32.3 Å². The molecule has 0 saturated heterocycles. The fourth-order valence-corrected chi connectivity index (χ4v) is 6.17. The first-order valence-electron chi connectivity index (χ1n) is 8.29. The lowest BCUT2D eigenvalue weighted by Gasteiger charge is -2.26. The molecule has 1 aliphatic rings. The van der Waals surface area contributed by atoms with Crippen LogP contribution in [0.5, 0.6) is 5.75 Å². The van der Waals surface area contributed by atoms with E-state index in [9.17, 15) is 8.42 Å². The highest BCUT2D eigenvalue weighted by molar-refractivity contribution is 7.91. The second kappa shape index (κ2) is 6.16. The zero-order chi connectivity index (χ0) is 17.6. The number of nitrogens with one attached hydrogen (secondary N) is 1. The predicted molar refractivity (Wildman–Crippen MR) is 99.8 cm³/mol. The van der Waals surface area contributed by atoms with E-state index < -0.39 is 10.0 Å². The first kappa shape index (κ1) is 16.6. The normalized spacial score (nSPS) is 15.4. The number of fused-ring (bicyclic) bond motifs is 3. The highest BCUT2D eigenvalue weighted by Gasteiger charge is 2.31. The molecule has 0 aliphatic carbocycles. The van der Waals surface area contributed by atoms with Gasteiger partial charge in [-0.05, 0) is 42.3 Å². The molecule has 0 fully saturated rings. The Balaban J connectivity index is 1.72. The molecule has 0 radical (unpaired) electrons. The molecule has 132 valence electrons. The number of aromatic nitrogens is 1. The molecule has 7 heteroatoms. The lowest BCUT2D eigenvalue weighted by atomic mass is 10.1. The maximum Gasteiger partial charge on any atom is 0.252 e. The molecule has 0 amide bonds. The first-order chi connectivity index (χ1) is 12.0. The number of hydrogen-bond donors (Lipinski definition) is 1. The number of aryl methyl sites for hydroxylation is 1. The lowest BCUT2D eigenvalue weighted by Crippen LogP contribution is -2.35. The summed E-state index contributed by atoms with van der Waals surface area (Å²) in [5.74, 6) is 0.778. The highest BCUT2D eigenvalue weighted by atomic mass is 32.2. The number of sulfonamides is 1. The largest absolute Gasteiger partial charge is 0.497 e. The minimum absolute atomic E-state index is 0.393. The fraction of sp³-hybridized carbons (Fsp3) is 0.333. The predicted octanol–water partition coefficient (Wildman–Crippen LogP) is 3.55. The second-order valence-corrected chi connectivity index (χ2v) is 9.49. The van der Waals surface area contributed by atoms with E-state index in [1.54, 1.807) is 17.5 Å². The van der Waals surface area contributed by atoms with Crippen molar-refractivity contribution in [2.45, 2.75) is 30.5 Å². The minimum atomic E-state index is -3.45. The van der Waals surface area contributed by atoms with E-state index in [-0.39, 0.29) is 0 Å². The standard InChI is InChI=1S/C18H20N2O3S2/c1-3-13-5-7-18(24-13)25(21,22)20-9-8-17-15(11-20)14-10-12(23-2)4-6-16(14)19-17/h4-7,10,19H,3,8-9,11H2,1-2H3. The van der Waals surface area contributed by atoms with Gasteiger partial charge in [-0.15, -0.1) is 11.3 Å². The molecule has 1 N–H and O–H groups in total. The lowest BCUT2D eigenvalue weighted by molar-refractivity contribution is 0.392. The first-order valence-corrected chi connectivity index (χ1v) is 10.5. The Morgan fingerprint density at radius 2 is 2.12 bits per heavy atom. The van der Waals surface area contributed by atoms with Gasteiger partial charge in [0.2, 0.25) is 0 Å². The van der Waals surface area contributed by atoms with Gasteiger partial charge in [0, 0.05) is 41.0 Å². The summed E-state index contributed by atoms with van der Waals surface area (Å²) in [4.78, 5) is 4.51. The van der Waals surface area contributed by atoms with Crippen LogP contribution in [-0.4, -0.2) is 31.4 Å². The number of aromatic amines is 1. The molecule has 1 aliphatic heterocycles. The van der Waals surface area contributed by atoms with Crippen LogP contribution in [-0.2, 0) is 29.4 Å². The molecule has 2 aromatic heterocycles. The summed E-state index contributed by atoms with van der Waals surface area (Å²) in [6, 6.07) is 9.51. The molecule has 5 nitrogen and oxygen atoms in total. The van der Waals surface area contributed by atoms with Gasteiger partial charge in [-0.1, -0.05) is 6.92 Å². The summed E-state index contributed by atoms with van der Waals surface area (Å²) in [6.45, 7) is 2.93. The zero-order valence-electron chi connectivity index (χ0n) is 14.2. The maximum atomic E-state index is 13.0. The van der Waals surface area contributed by atoms with Gasteiger partial charge in [-0.3, -0.25) is 0 Å². The van der Waals surface area contributed by atoms with Gasteiger partial charge >= 0.3 is 0 Å². The number of hydrogen-bond acceptors (Lipinski definition) is 4. The summed E-state index contributed by atoms with van der Waals surface area (Å²) in [6.07, 6.45) is 1.55. The zero-order valence-corrected chi connectivity index (χ0v) is 15.8. The summed E-state index contributed by atoms with van der Waals surface area (Å²) < 4.78 is 33.4. The van der Waals surface area contributed by atoms with Gasteiger partial charge in [0.15, 0.2) is 0 Å². The molecule has 3 heterocycles. The van der Waals surface area contributed by atoms with Crippen LogP contribution in [0.1, 0.15) is 23.1 Å². The van der Waals surface area contributed by atoms with Crippen LogP contribution in [0.2, 0.25) is 0 Å². The van der Waals surface area contributed by atoms with E-state index in [2.05, 4.69) is 4.98 Å². The number of H-pyrrole nitrogens is 1. The van der Waals surface area contributed by atoms with Crippen LogP contribution >= 0.6 is 11.3 Å². The Bertz CT molecular complexity index is 1030. The van der Waals surface area contributed by atoms with Crippen molar-refractivity contribution in [3.05, 3.63) is 46.5 Å². The van der Waals surface area contributed by atoms with Crippen LogP contribution in [0.3, 0.4) is 0 Å². The molecular weight excluding hydrogens is 356 g/mol. The smallest absolute Gasteiger partial charge is 0.252 e. The maximum absolute atomic E-state index is 13.0. The Morgan fingerprint density at radius 1 is 1.28 bits per heavy atom. The molecule has 4 rings (SSSR count). The summed E-state index contributed by atoms with van der Waals surface area (Å²) in [5, 5.41) is 1.04. The van der Waals surface area contributed by atoms with Gasteiger partial charge in [0.25, 0.3) is 10.0 Å². The van der Waals surface area contributed by atoms with E-state index in [1.165, 1.54) is 11.3 Å². The third-order valence-electron chi connectivity index (χ3n) is 4.73. The Morgan fingerprint density at radius 3 is 2.84 bits per heavy atom. The van der Waals surface area contributed by atoms with Crippen molar-refractivity contribution in [1.29, 1.82) is 0 Å². The molecular formula is C18H20N2O3S2. The quantitative estimate of drug-likeness (QED) is 0.757. The van der Waals surface area contributed by atoms with E-state index in [0.717, 1.165) is 39.2 Å². The van der Waals surface area contributed by atoms with E-state index in [4.69, 9.17) is 4.74 Å². The molecule has 25 heavy (non-hydrogen) atoms. The van der Waals surface area contributed by atoms with Crippen LogP contribution in [0.4, 0.5) is 0 Å². The van der Waals surface area contributed by atoms with Crippen molar-refractivity contribution < 1.29 is 13.2 Å². The van der Waals surface area contributed by atoms with E-state index >= 15 is 0 Å². The molecule has 0 spiro atoms. The third-order valence-corrected chi connectivity index (χ3v) is 8.27. The Labute approximate surface area is 151 Å². The molecule has 3 aromatic rings. The van der Waals surface area contributed by atoms with E-state index in [1.807, 2.05) is 31.2 Å². The Hall–Kier alpha value is -1.83. The number of rotatable bonds is 4. The van der Waals surface area contributed by atoms with Crippen LogP contribution < -0.4 is 4.74 Å². The molecule has 0 atom stereocenters. The van der Waals surface area contributed by atoms with Gasteiger partial charge in [0.1, 0.15) is 9.96 Å². The topological polar surface area (TPSA) is 62.4 Å².